The van der Waals surface area contributed by atoms with Crippen LogP contribution in [-0.2, 0) is 19.5 Å². The predicted octanol–water partition coefficient (Wildman–Crippen LogP) is 1.48. The van der Waals surface area contributed by atoms with Gasteiger partial charge in [-0.3, -0.25) is 0 Å². The van der Waals surface area contributed by atoms with E-state index in [-0.39, 0.29) is 13.5 Å². The molecule has 132 valence electrons. The van der Waals surface area contributed by atoms with Crippen molar-refractivity contribution in [2.24, 2.45) is 0 Å². The van der Waals surface area contributed by atoms with E-state index in [0.29, 0.717) is 26.6 Å². The molecule has 0 radical (unpaired) electrons. The lowest BCUT2D eigenvalue weighted by Crippen LogP contribution is -2.33. The molecule has 0 saturated heterocycles. The molecule has 0 amide bonds. The summed E-state index contributed by atoms with van der Waals surface area (Å²) in [6.45, 7) is 2.20. The van der Waals surface area contributed by atoms with Crippen molar-refractivity contribution >= 4 is 0 Å². The number of rotatable bonds is 4. The molecule has 25 heavy (non-hydrogen) atoms. The van der Waals surface area contributed by atoms with Crippen LogP contribution in [-0.4, -0.2) is 46.9 Å². The second-order valence-electron chi connectivity index (χ2n) is 6.51. The van der Waals surface area contributed by atoms with Gasteiger partial charge in [-0.05, 0) is 17.2 Å². The molecule has 0 aromatic heterocycles. The van der Waals surface area contributed by atoms with E-state index in [1.165, 1.54) is 5.56 Å². The van der Waals surface area contributed by atoms with E-state index in [1.54, 1.807) is 0 Å². The van der Waals surface area contributed by atoms with E-state index in [9.17, 15) is 10.2 Å². The number of nitrogens with zero attached hydrogens (tertiary/aromatic N) is 2. The molecule has 0 bridgehead atoms. The maximum absolute atomic E-state index is 9.30. The zero-order valence-electron chi connectivity index (χ0n) is 14.0. The summed E-state index contributed by atoms with van der Waals surface area (Å²) >= 11 is 0. The monoisotopic (exact) mass is 342 g/mol. The fourth-order valence-corrected chi connectivity index (χ4v) is 3.39. The molecular formula is C19H22N2O4. The Bertz CT molecular complexity index is 765. The quantitative estimate of drug-likeness (QED) is 0.877. The summed E-state index contributed by atoms with van der Waals surface area (Å²) in [7, 11) is 0. The molecule has 6 heteroatoms. The van der Waals surface area contributed by atoms with Crippen LogP contribution in [0.25, 0.3) is 0 Å². The Balaban J connectivity index is 1.57. The molecular weight excluding hydrogens is 320 g/mol. The maximum Gasteiger partial charge on any atom is 0.144 e. The minimum atomic E-state index is -0.00887. The number of aliphatic hydroxyl groups excluding tert-OH is 2. The lowest BCUT2D eigenvalue weighted by molar-refractivity contribution is 0.0192. The zero-order valence-corrected chi connectivity index (χ0v) is 14.0. The molecule has 0 aliphatic carbocycles. The molecule has 2 aliphatic rings. The third-order valence-corrected chi connectivity index (χ3v) is 4.68. The van der Waals surface area contributed by atoms with Crippen LogP contribution in [0.1, 0.15) is 22.3 Å². The van der Waals surface area contributed by atoms with E-state index >= 15 is 0 Å². The largest absolute Gasteiger partial charge is 0.478 e. The highest BCUT2D eigenvalue weighted by molar-refractivity contribution is 5.46. The molecule has 6 nitrogen and oxygen atoms in total. The van der Waals surface area contributed by atoms with Gasteiger partial charge in [0, 0.05) is 30.6 Å². The highest BCUT2D eigenvalue weighted by Gasteiger charge is 2.20. The van der Waals surface area contributed by atoms with Gasteiger partial charge < -0.3 is 19.7 Å². The Morgan fingerprint density at radius 1 is 0.880 bits per heavy atom. The molecule has 0 fully saturated rings. The van der Waals surface area contributed by atoms with Crippen molar-refractivity contribution in [3.8, 4) is 11.5 Å². The number of hydrogen-bond acceptors (Lipinski definition) is 6. The Labute approximate surface area is 146 Å². The summed E-state index contributed by atoms with van der Waals surface area (Å²) in [5.74, 6) is 1.82. The third-order valence-electron chi connectivity index (χ3n) is 4.68. The first-order valence-electron chi connectivity index (χ1n) is 8.41. The van der Waals surface area contributed by atoms with Crippen molar-refractivity contribution in [1.29, 1.82) is 0 Å². The SMILES string of the molecule is OCN1COc2ccc(Cc3cccc4c3OCN(CO)C4)cc2C1. The normalized spacial score (nSPS) is 17.4. The molecule has 2 aromatic rings. The van der Waals surface area contributed by atoms with E-state index in [1.807, 2.05) is 28.0 Å². The Morgan fingerprint density at radius 3 is 2.44 bits per heavy atom. The van der Waals surface area contributed by atoms with Crippen LogP contribution < -0.4 is 9.47 Å². The number of hydrogen-bond donors (Lipinski definition) is 2. The Kier molecular flexibility index (Phi) is 4.59. The molecule has 0 saturated carbocycles. The predicted molar refractivity (Wildman–Crippen MR) is 91.9 cm³/mol. The molecule has 0 atom stereocenters. The van der Waals surface area contributed by atoms with Crippen LogP contribution in [0, 0.1) is 0 Å². The lowest BCUT2D eigenvalue weighted by atomic mass is 9.98. The van der Waals surface area contributed by atoms with Crippen LogP contribution in [0.15, 0.2) is 36.4 Å². The van der Waals surface area contributed by atoms with Gasteiger partial charge in [0.1, 0.15) is 25.0 Å². The van der Waals surface area contributed by atoms with Crippen molar-refractivity contribution < 1.29 is 19.7 Å². The number of para-hydroxylation sites is 1. The first-order valence-corrected chi connectivity index (χ1v) is 8.41. The lowest BCUT2D eigenvalue weighted by Gasteiger charge is -2.29. The van der Waals surface area contributed by atoms with Gasteiger partial charge in [0.25, 0.3) is 0 Å². The number of aliphatic hydroxyl groups is 2. The van der Waals surface area contributed by atoms with Crippen molar-refractivity contribution in [2.45, 2.75) is 19.5 Å². The van der Waals surface area contributed by atoms with Gasteiger partial charge in [-0.15, -0.1) is 0 Å². The van der Waals surface area contributed by atoms with E-state index in [4.69, 9.17) is 9.47 Å². The summed E-state index contributed by atoms with van der Waals surface area (Å²) in [6.07, 6.45) is 0.773. The van der Waals surface area contributed by atoms with Crippen LogP contribution in [0.2, 0.25) is 0 Å². The number of benzene rings is 2. The highest BCUT2D eigenvalue weighted by Crippen LogP contribution is 2.32. The van der Waals surface area contributed by atoms with Gasteiger partial charge in [0.05, 0.1) is 13.5 Å². The van der Waals surface area contributed by atoms with Gasteiger partial charge >= 0.3 is 0 Å². The van der Waals surface area contributed by atoms with Gasteiger partial charge in [-0.1, -0.05) is 30.3 Å². The first kappa shape index (κ1) is 16.4. The molecule has 0 unspecified atom stereocenters. The van der Waals surface area contributed by atoms with Crippen molar-refractivity contribution in [2.75, 3.05) is 26.9 Å². The second-order valence-corrected chi connectivity index (χ2v) is 6.51. The highest BCUT2D eigenvalue weighted by atomic mass is 16.5. The molecule has 2 N–H and O–H groups in total. The second kappa shape index (κ2) is 7.01. The summed E-state index contributed by atoms with van der Waals surface area (Å²) in [5, 5.41) is 18.6. The minimum Gasteiger partial charge on any atom is -0.478 e. The Hall–Kier alpha value is -2.12. The average molecular weight is 342 g/mol. The van der Waals surface area contributed by atoms with Crippen LogP contribution in [0.3, 0.4) is 0 Å². The molecule has 4 rings (SSSR count). The molecule has 2 aromatic carbocycles. The average Bonchev–Trinajstić information content (AvgIpc) is 2.67. The minimum absolute atomic E-state index is 0.00412. The maximum atomic E-state index is 9.30. The number of ether oxygens (including phenoxy) is 2. The van der Waals surface area contributed by atoms with Crippen LogP contribution in [0.4, 0.5) is 0 Å². The molecule has 2 heterocycles. The van der Waals surface area contributed by atoms with Crippen molar-refractivity contribution in [1.82, 2.24) is 9.80 Å². The van der Waals surface area contributed by atoms with Crippen LogP contribution in [0.5, 0.6) is 11.5 Å². The topological polar surface area (TPSA) is 65.4 Å². The number of fused-ring (bicyclic) bond motifs is 2. The van der Waals surface area contributed by atoms with E-state index < -0.39 is 0 Å². The summed E-state index contributed by atoms with van der Waals surface area (Å²) in [5.41, 5.74) is 4.52. The molecule has 2 aliphatic heterocycles. The fraction of sp³-hybridized carbons (Fsp3) is 0.368. The van der Waals surface area contributed by atoms with Gasteiger partial charge in [0.2, 0.25) is 0 Å². The first-order chi connectivity index (χ1) is 12.3. The summed E-state index contributed by atoms with van der Waals surface area (Å²) < 4.78 is 11.5. The zero-order chi connectivity index (χ0) is 17.2. The van der Waals surface area contributed by atoms with Crippen molar-refractivity contribution in [3.63, 3.8) is 0 Å². The van der Waals surface area contributed by atoms with E-state index in [0.717, 1.165) is 34.6 Å². The van der Waals surface area contributed by atoms with Gasteiger partial charge in [-0.2, -0.15) is 0 Å². The summed E-state index contributed by atoms with van der Waals surface area (Å²) in [6, 6.07) is 12.4. The van der Waals surface area contributed by atoms with Crippen molar-refractivity contribution in [3.05, 3.63) is 58.7 Å². The molecule has 0 spiro atoms. The fourth-order valence-electron chi connectivity index (χ4n) is 3.39. The van der Waals surface area contributed by atoms with Gasteiger partial charge in [-0.25, -0.2) is 9.80 Å². The third kappa shape index (κ3) is 3.34. The van der Waals surface area contributed by atoms with E-state index in [2.05, 4.69) is 18.2 Å². The summed E-state index contributed by atoms with van der Waals surface area (Å²) in [4.78, 5) is 3.68. The Morgan fingerprint density at radius 2 is 1.64 bits per heavy atom. The standard InChI is InChI=1S/C19H22N2O4/c22-10-20-8-16-3-1-2-15(19(16)25-13-20)6-14-4-5-18-17(7-14)9-21(11-23)12-24-18/h1-5,7,22-23H,6,8-13H2. The smallest absolute Gasteiger partial charge is 0.144 e. The van der Waals surface area contributed by atoms with Gasteiger partial charge in [0.15, 0.2) is 0 Å². The van der Waals surface area contributed by atoms with Crippen LogP contribution >= 0.6 is 0 Å².